The van der Waals surface area contributed by atoms with Crippen molar-refractivity contribution in [1.29, 1.82) is 0 Å². The minimum Gasteiger partial charge on any atom is -0.382 e. The summed E-state index contributed by atoms with van der Waals surface area (Å²) < 4.78 is 0. The number of nitrogens with zero attached hydrogens (tertiary/aromatic N) is 1. The second-order valence-corrected chi connectivity index (χ2v) is 2.79. The number of pyridine rings is 1. The van der Waals surface area contributed by atoms with Crippen molar-refractivity contribution < 1.29 is 0 Å². The van der Waals surface area contributed by atoms with E-state index >= 15 is 0 Å². The monoisotopic (exact) mass is 185 g/mol. The molecule has 3 nitrogen and oxygen atoms in total. The van der Waals surface area contributed by atoms with Gasteiger partial charge in [0.1, 0.15) is 0 Å². The molecule has 12 heavy (non-hydrogen) atoms. The molecule has 0 fully saturated rings. The summed E-state index contributed by atoms with van der Waals surface area (Å²) in [6, 6.07) is 1.86. The Labute approximate surface area is 77.1 Å². The Kier molecular flexibility index (Phi) is 3.84. The molecule has 66 valence electrons. The van der Waals surface area contributed by atoms with Gasteiger partial charge in [0.05, 0.1) is 10.7 Å². The van der Waals surface area contributed by atoms with Gasteiger partial charge in [0.25, 0.3) is 0 Å². The van der Waals surface area contributed by atoms with Gasteiger partial charge in [-0.2, -0.15) is 0 Å². The maximum atomic E-state index is 5.86. The van der Waals surface area contributed by atoms with Gasteiger partial charge < -0.3 is 10.6 Å². The van der Waals surface area contributed by atoms with Crippen molar-refractivity contribution in [3.8, 4) is 0 Å². The molecule has 0 bridgehead atoms. The predicted molar refractivity (Wildman–Crippen MR) is 51.7 cm³/mol. The summed E-state index contributed by atoms with van der Waals surface area (Å²) >= 11 is 5.86. The molecule has 2 N–H and O–H groups in total. The van der Waals surface area contributed by atoms with Gasteiger partial charge in [0.2, 0.25) is 0 Å². The molecular weight excluding hydrogens is 174 g/mol. The molecule has 0 aromatic carbocycles. The van der Waals surface area contributed by atoms with Crippen LogP contribution in [0.2, 0.25) is 5.02 Å². The smallest absolute Gasteiger partial charge is 0.0820 e. The molecule has 0 saturated carbocycles. The zero-order chi connectivity index (χ0) is 8.81. The van der Waals surface area contributed by atoms with Gasteiger partial charge in [0.15, 0.2) is 0 Å². The second-order valence-electron chi connectivity index (χ2n) is 2.39. The largest absolute Gasteiger partial charge is 0.382 e. The minimum atomic E-state index is 0.661. The molecule has 0 radical (unpaired) electrons. The Morgan fingerprint density at radius 2 is 2.33 bits per heavy atom. The number of halogens is 1. The van der Waals surface area contributed by atoms with Crippen molar-refractivity contribution in [2.24, 2.45) is 0 Å². The number of nitrogens with one attached hydrogen (secondary N) is 2. The van der Waals surface area contributed by atoms with E-state index in [4.69, 9.17) is 11.6 Å². The quantitative estimate of drug-likeness (QED) is 0.696. The fraction of sp³-hybridized carbons (Fsp3) is 0.375. The van der Waals surface area contributed by atoms with Gasteiger partial charge in [-0.1, -0.05) is 11.6 Å². The summed E-state index contributed by atoms with van der Waals surface area (Å²) in [5.74, 6) is 0. The highest BCUT2D eigenvalue weighted by atomic mass is 35.5. The van der Waals surface area contributed by atoms with Crippen LogP contribution < -0.4 is 10.6 Å². The molecule has 0 unspecified atom stereocenters. The van der Waals surface area contributed by atoms with Gasteiger partial charge >= 0.3 is 0 Å². The first-order valence-electron chi connectivity index (χ1n) is 3.82. The maximum Gasteiger partial charge on any atom is 0.0820 e. The van der Waals surface area contributed by atoms with E-state index < -0.39 is 0 Å². The average molecular weight is 186 g/mol. The topological polar surface area (TPSA) is 37.0 Å². The SMILES string of the molecule is CNCCNc1ccncc1Cl. The standard InChI is InChI=1S/C8H12ClN3/c1-10-4-5-12-8-2-3-11-6-7(8)9/h2-3,6,10H,4-5H2,1H3,(H,11,12). The first kappa shape index (κ1) is 9.29. The van der Waals surface area contributed by atoms with Crippen LogP contribution in [0.4, 0.5) is 5.69 Å². The lowest BCUT2D eigenvalue weighted by Gasteiger charge is -2.06. The van der Waals surface area contributed by atoms with Crippen LogP contribution in [0.1, 0.15) is 0 Å². The molecule has 1 rings (SSSR count). The lowest BCUT2D eigenvalue weighted by atomic mass is 10.4. The summed E-state index contributed by atoms with van der Waals surface area (Å²) in [4.78, 5) is 3.89. The van der Waals surface area contributed by atoms with Crippen LogP contribution >= 0.6 is 11.6 Å². The molecule has 1 aromatic heterocycles. The van der Waals surface area contributed by atoms with Gasteiger partial charge in [-0.15, -0.1) is 0 Å². The number of hydrogen-bond donors (Lipinski definition) is 2. The van der Waals surface area contributed by atoms with Gasteiger partial charge in [-0.25, -0.2) is 0 Å². The average Bonchev–Trinajstić information content (AvgIpc) is 2.09. The van der Waals surface area contributed by atoms with Crippen molar-refractivity contribution in [3.05, 3.63) is 23.5 Å². The molecule has 0 aliphatic rings. The lowest BCUT2D eigenvalue weighted by molar-refractivity contribution is 0.824. The number of anilines is 1. The lowest BCUT2D eigenvalue weighted by Crippen LogP contribution is -2.17. The van der Waals surface area contributed by atoms with Gasteiger partial charge in [-0.05, 0) is 13.1 Å². The summed E-state index contributed by atoms with van der Waals surface area (Å²) in [5, 5.41) is 6.88. The molecule has 0 spiro atoms. The van der Waals surface area contributed by atoms with E-state index in [2.05, 4.69) is 15.6 Å². The van der Waals surface area contributed by atoms with Crippen LogP contribution in [0, 0.1) is 0 Å². The van der Waals surface area contributed by atoms with Crippen LogP contribution in [-0.2, 0) is 0 Å². The Hall–Kier alpha value is -0.800. The summed E-state index contributed by atoms with van der Waals surface area (Å²) in [5.41, 5.74) is 0.932. The molecular formula is C8H12ClN3. The molecule has 0 saturated heterocycles. The second kappa shape index (κ2) is 4.95. The zero-order valence-electron chi connectivity index (χ0n) is 6.97. The van der Waals surface area contributed by atoms with E-state index in [1.54, 1.807) is 12.4 Å². The third kappa shape index (κ3) is 2.68. The van der Waals surface area contributed by atoms with Gasteiger partial charge in [-0.3, -0.25) is 4.98 Å². The van der Waals surface area contributed by atoms with E-state index in [-0.39, 0.29) is 0 Å². The van der Waals surface area contributed by atoms with Crippen molar-refractivity contribution in [1.82, 2.24) is 10.3 Å². The Morgan fingerprint density at radius 1 is 1.50 bits per heavy atom. The van der Waals surface area contributed by atoms with Gasteiger partial charge in [0, 0.05) is 25.5 Å². The van der Waals surface area contributed by atoms with E-state index in [9.17, 15) is 0 Å². The number of rotatable bonds is 4. The Morgan fingerprint density at radius 3 is 3.00 bits per heavy atom. The fourth-order valence-corrected chi connectivity index (χ4v) is 1.03. The molecule has 1 heterocycles. The molecule has 0 aliphatic heterocycles. The van der Waals surface area contributed by atoms with Crippen LogP contribution in [0.25, 0.3) is 0 Å². The molecule has 0 aliphatic carbocycles. The third-order valence-electron chi connectivity index (χ3n) is 1.46. The van der Waals surface area contributed by atoms with Crippen molar-refractivity contribution in [2.75, 3.05) is 25.5 Å². The highest BCUT2D eigenvalue weighted by Crippen LogP contribution is 2.18. The van der Waals surface area contributed by atoms with Crippen molar-refractivity contribution in [2.45, 2.75) is 0 Å². The zero-order valence-corrected chi connectivity index (χ0v) is 7.73. The van der Waals surface area contributed by atoms with E-state index in [1.165, 1.54) is 0 Å². The van der Waals surface area contributed by atoms with Crippen LogP contribution in [0.5, 0.6) is 0 Å². The van der Waals surface area contributed by atoms with Crippen LogP contribution in [0.15, 0.2) is 18.5 Å². The normalized spacial score (nSPS) is 9.83. The number of aromatic nitrogens is 1. The molecule has 4 heteroatoms. The summed E-state index contributed by atoms with van der Waals surface area (Å²) in [6.45, 7) is 1.78. The van der Waals surface area contributed by atoms with Crippen molar-refractivity contribution in [3.63, 3.8) is 0 Å². The Bertz CT molecular complexity index is 239. The molecule has 1 aromatic rings. The molecule has 0 amide bonds. The van der Waals surface area contributed by atoms with Crippen LogP contribution in [0.3, 0.4) is 0 Å². The maximum absolute atomic E-state index is 5.86. The molecule has 0 atom stereocenters. The fourth-order valence-electron chi connectivity index (χ4n) is 0.841. The van der Waals surface area contributed by atoms with E-state index in [1.807, 2.05) is 13.1 Å². The number of hydrogen-bond acceptors (Lipinski definition) is 3. The first-order chi connectivity index (χ1) is 5.84. The minimum absolute atomic E-state index is 0.661. The number of likely N-dealkylation sites (N-methyl/N-ethyl adjacent to an activating group) is 1. The highest BCUT2D eigenvalue weighted by Gasteiger charge is 1.95. The van der Waals surface area contributed by atoms with E-state index in [0.717, 1.165) is 18.8 Å². The predicted octanol–water partition coefficient (Wildman–Crippen LogP) is 1.37. The first-order valence-corrected chi connectivity index (χ1v) is 4.20. The van der Waals surface area contributed by atoms with Crippen molar-refractivity contribution >= 4 is 17.3 Å². The van der Waals surface area contributed by atoms with E-state index in [0.29, 0.717) is 5.02 Å². The highest BCUT2D eigenvalue weighted by molar-refractivity contribution is 6.33. The van der Waals surface area contributed by atoms with Crippen LogP contribution in [-0.4, -0.2) is 25.1 Å². The summed E-state index contributed by atoms with van der Waals surface area (Å²) in [7, 11) is 1.91. The third-order valence-corrected chi connectivity index (χ3v) is 1.76. The summed E-state index contributed by atoms with van der Waals surface area (Å²) in [6.07, 6.45) is 3.34. The Balaban J connectivity index is 2.46.